The van der Waals surface area contributed by atoms with Gasteiger partial charge in [-0.1, -0.05) is 95.9 Å². The number of amides is 2. The number of para-hydroxylation sites is 1. The van der Waals surface area contributed by atoms with Gasteiger partial charge >= 0.3 is 0 Å². The van der Waals surface area contributed by atoms with Gasteiger partial charge in [-0.2, -0.15) is 5.10 Å². The van der Waals surface area contributed by atoms with E-state index in [1.54, 1.807) is 6.08 Å². The molecule has 1 rings (SSSR count). The Hall–Kier alpha value is -2.63. The first-order valence-electron chi connectivity index (χ1n) is 12.1. The van der Waals surface area contributed by atoms with Gasteiger partial charge in [0, 0.05) is 12.0 Å². The van der Waals surface area contributed by atoms with Gasteiger partial charge in [0.25, 0.3) is 5.91 Å². The Morgan fingerprint density at radius 3 is 2.22 bits per heavy atom. The van der Waals surface area contributed by atoms with Crippen LogP contribution in [-0.2, 0) is 9.59 Å². The Morgan fingerprint density at radius 1 is 0.938 bits per heavy atom. The molecular formula is C26H41N3O3. The first kappa shape index (κ1) is 27.4. The van der Waals surface area contributed by atoms with Gasteiger partial charge < -0.3 is 10.1 Å². The Kier molecular flexibility index (Phi) is 16.3. The number of ether oxygens (including phenoxy) is 1. The van der Waals surface area contributed by atoms with Crippen LogP contribution in [0.25, 0.3) is 0 Å². The van der Waals surface area contributed by atoms with Crippen LogP contribution < -0.4 is 15.5 Å². The number of hydrazone groups is 1. The van der Waals surface area contributed by atoms with Crippen molar-refractivity contribution >= 4 is 18.0 Å². The van der Waals surface area contributed by atoms with Gasteiger partial charge in [0.2, 0.25) is 5.91 Å². The quantitative estimate of drug-likeness (QED) is 0.128. The molecule has 0 atom stereocenters. The molecule has 0 unspecified atom stereocenters. The summed E-state index contributed by atoms with van der Waals surface area (Å²) >= 11 is 0. The van der Waals surface area contributed by atoms with Crippen LogP contribution in [0.1, 0.15) is 89.5 Å². The summed E-state index contributed by atoms with van der Waals surface area (Å²) in [4.78, 5) is 23.8. The molecule has 1 aromatic carbocycles. The number of carbonyl (C=O) groups excluding carboxylic acids is 2. The highest BCUT2D eigenvalue weighted by atomic mass is 16.5. The number of unbranched alkanes of at least 4 members (excludes halogenated alkanes) is 10. The molecule has 178 valence electrons. The van der Waals surface area contributed by atoms with Crippen LogP contribution in [-0.4, -0.2) is 31.2 Å². The smallest absolute Gasteiger partial charge is 0.259 e. The van der Waals surface area contributed by atoms with Crippen molar-refractivity contribution in [2.45, 2.75) is 84.0 Å². The number of benzene rings is 1. The highest BCUT2D eigenvalue weighted by molar-refractivity contribution is 5.87. The Labute approximate surface area is 193 Å². The van der Waals surface area contributed by atoms with Crippen molar-refractivity contribution in [3.8, 4) is 5.75 Å². The average Bonchev–Trinajstić information content (AvgIpc) is 2.80. The number of hydrogen-bond donors (Lipinski definition) is 2. The molecule has 2 N–H and O–H groups in total. The van der Waals surface area contributed by atoms with Gasteiger partial charge in [0.1, 0.15) is 12.4 Å². The van der Waals surface area contributed by atoms with Crippen LogP contribution in [0.15, 0.2) is 42.0 Å². The number of carbonyl (C=O) groups is 2. The zero-order valence-corrected chi connectivity index (χ0v) is 19.7. The molecule has 6 nitrogen and oxygen atoms in total. The predicted octanol–water partition coefficient (Wildman–Crippen LogP) is 5.52. The molecule has 0 saturated heterocycles. The standard InChI is InChI=1S/C26H41N3O3/c1-3-5-6-7-8-9-10-11-12-13-14-19-25(30)27-22-26(31)29-28-21-23-17-15-16-18-24(23)32-20-4-2/h4,15-18,21H,2-3,5-14,19-20,22H2,1H3,(H,27,30)(H,29,31)/b28-21+. The second kappa shape index (κ2) is 19.1. The van der Waals surface area contributed by atoms with Crippen molar-refractivity contribution < 1.29 is 14.3 Å². The van der Waals surface area contributed by atoms with E-state index in [1.807, 2.05) is 24.3 Å². The van der Waals surface area contributed by atoms with E-state index in [1.165, 1.54) is 64.0 Å². The molecule has 0 aromatic heterocycles. The molecule has 0 fully saturated rings. The third-order valence-electron chi connectivity index (χ3n) is 5.12. The lowest BCUT2D eigenvalue weighted by Gasteiger charge is -2.06. The largest absolute Gasteiger partial charge is 0.489 e. The van der Waals surface area contributed by atoms with Crippen LogP contribution in [0.3, 0.4) is 0 Å². The maximum Gasteiger partial charge on any atom is 0.259 e. The Morgan fingerprint density at radius 2 is 1.56 bits per heavy atom. The summed E-state index contributed by atoms with van der Waals surface area (Å²) in [5.74, 6) is 0.201. The van der Waals surface area contributed by atoms with E-state index in [-0.39, 0.29) is 18.4 Å². The van der Waals surface area contributed by atoms with Crippen molar-refractivity contribution in [2.24, 2.45) is 5.10 Å². The van der Waals surface area contributed by atoms with Gasteiger partial charge in [-0.15, -0.1) is 0 Å². The van der Waals surface area contributed by atoms with E-state index in [0.29, 0.717) is 18.8 Å². The Bertz CT molecular complexity index is 689. The lowest BCUT2D eigenvalue weighted by Crippen LogP contribution is -2.34. The molecule has 0 aliphatic carbocycles. The molecule has 0 heterocycles. The molecule has 0 aliphatic heterocycles. The normalized spacial score (nSPS) is 10.8. The molecule has 32 heavy (non-hydrogen) atoms. The van der Waals surface area contributed by atoms with Gasteiger partial charge in [-0.25, -0.2) is 5.43 Å². The Balaban J connectivity index is 2.07. The summed E-state index contributed by atoms with van der Waals surface area (Å²) in [6, 6.07) is 7.38. The topological polar surface area (TPSA) is 79.8 Å². The predicted molar refractivity (Wildman–Crippen MR) is 132 cm³/mol. The number of hydrogen-bond acceptors (Lipinski definition) is 4. The van der Waals surface area contributed by atoms with Gasteiger partial charge in [0.15, 0.2) is 0 Å². The lowest BCUT2D eigenvalue weighted by atomic mass is 10.1. The van der Waals surface area contributed by atoms with E-state index in [4.69, 9.17) is 4.74 Å². The molecule has 6 heteroatoms. The molecule has 0 aliphatic rings. The van der Waals surface area contributed by atoms with Crippen molar-refractivity contribution in [1.82, 2.24) is 10.7 Å². The summed E-state index contributed by atoms with van der Waals surface area (Å²) in [5, 5.41) is 6.58. The highest BCUT2D eigenvalue weighted by Gasteiger charge is 2.05. The second-order valence-corrected chi connectivity index (χ2v) is 7.99. The number of nitrogens with one attached hydrogen (secondary N) is 2. The summed E-state index contributed by atoms with van der Waals surface area (Å²) in [6.07, 6.45) is 17.4. The number of nitrogens with zero attached hydrogens (tertiary/aromatic N) is 1. The summed E-state index contributed by atoms with van der Waals surface area (Å²) in [6.45, 7) is 6.18. The number of rotatable bonds is 19. The fourth-order valence-electron chi connectivity index (χ4n) is 3.30. The fraction of sp³-hybridized carbons (Fsp3) is 0.577. The monoisotopic (exact) mass is 443 g/mol. The van der Waals surface area contributed by atoms with E-state index in [9.17, 15) is 9.59 Å². The molecule has 0 saturated carbocycles. The first-order valence-corrected chi connectivity index (χ1v) is 12.1. The molecule has 0 bridgehead atoms. The molecule has 0 spiro atoms. The van der Waals surface area contributed by atoms with Crippen molar-refractivity contribution in [3.05, 3.63) is 42.5 Å². The minimum absolute atomic E-state index is 0.0805. The van der Waals surface area contributed by atoms with Crippen molar-refractivity contribution in [3.63, 3.8) is 0 Å². The minimum Gasteiger partial charge on any atom is -0.489 e. The molecule has 0 radical (unpaired) electrons. The van der Waals surface area contributed by atoms with E-state index in [2.05, 4.69) is 29.3 Å². The summed E-state index contributed by atoms with van der Waals surface area (Å²) in [7, 11) is 0. The third kappa shape index (κ3) is 14.4. The summed E-state index contributed by atoms with van der Waals surface area (Å²) in [5.41, 5.74) is 3.17. The van der Waals surface area contributed by atoms with Crippen LogP contribution in [0.2, 0.25) is 0 Å². The minimum atomic E-state index is -0.363. The highest BCUT2D eigenvalue weighted by Crippen LogP contribution is 2.15. The van der Waals surface area contributed by atoms with Crippen molar-refractivity contribution in [2.75, 3.05) is 13.2 Å². The van der Waals surface area contributed by atoms with E-state index < -0.39 is 0 Å². The van der Waals surface area contributed by atoms with E-state index >= 15 is 0 Å². The zero-order valence-electron chi connectivity index (χ0n) is 19.7. The molecule has 2 amide bonds. The molecule has 1 aromatic rings. The average molecular weight is 444 g/mol. The van der Waals surface area contributed by atoms with Gasteiger partial charge in [-0.3, -0.25) is 9.59 Å². The first-order chi connectivity index (χ1) is 15.7. The van der Waals surface area contributed by atoms with Gasteiger partial charge in [0.05, 0.1) is 12.8 Å². The maximum absolute atomic E-state index is 11.9. The summed E-state index contributed by atoms with van der Waals surface area (Å²) < 4.78 is 5.54. The zero-order chi connectivity index (χ0) is 23.3. The lowest BCUT2D eigenvalue weighted by molar-refractivity contribution is -0.126. The van der Waals surface area contributed by atoms with E-state index in [0.717, 1.165) is 18.4 Å². The van der Waals surface area contributed by atoms with Crippen LogP contribution in [0.4, 0.5) is 0 Å². The van der Waals surface area contributed by atoms with Crippen LogP contribution in [0, 0.1) is 0 Å². The maximum atomic E-state index is 11.9. The third-order valence-corrected chi connectivity index (χ3v) is 5.12. The SMILES string of the molecule is C=CCOc1ccccc1/C=N/NC(=O)CNC(=O)CCCCCCCCCCCCC. The van der Waals surface area contributed by atoms with Crippen LogP contribution >= 0.6 is 0 Å². The molecular weight excluding hydrogens is 402 g/mol. The van der Waals surface area contributed by atoms with Crippen LogP contribution in [0.5, 0.6) is 5.75 Å². The van der Waals surface area contributed by atoms with Crippen molar-refractivity contribution in [1.29, 1.82) is 0 Å². The van der Waals surface area contributed by atoms with Gasteiger partial charge in [-0.05, 0) is 18.6 Å². The fourth-order valence-corrected chi connectivity index (χ4v) is 3.30. The second-order valence-electron chi connectivity index (χ2n) is 7.99.